The van der Waals surface area contributed by atoms with Gasteiger partial charge in [0.25, 0.3) is 0 Å². The molecule has 2 atom stereocenters. The number of hydrogen-bond donors (Lipinski definition) is 0. The van der Waals surface area contributed by atoms with Gasteiger partial charge in [0.05, 0.1) is 22.4 Å². The Morgan fingerprint density at radius 3 is 0.987 bits per heavy atom. The molecule has 0 aromatic heterocycles. The summed E-state index contributed by atoms with van der Waals surface area (Å²) in [7, 11) is -0.867. The fourth-order valence-corrected chi connectivity index (χ4v) is 12.0. The average Bonchev–Trinajstić information content (AvgIpc) is 3.89. The zero-order valence-electron chi connectivity index (χ0n) is 48.1. The van der Waals surface area contributed by atoms with Gasteiger partial charge in [-0.05, 0) is 200 Å². The molecule has 6 aromatic carbocycles. The van der Waals surface area contributed by atoms with Crippen molar-refractivity contribution in [2.75, 3.05) is 9.80 Å². The first-order chi connectivity index (χ1) is 35.7. The fraction of sp³-hybridized carbons (Fsp3) is 0.463. The number of nitrogens with zero attached hydrogens (tertiary/aromatic N) is 2. The molecule has 75 heavy (non-hydrogen) atoms. The molecule has 2 unspecified atom stereocenters. The van der Waals surface area contributed by atoms with Crippen LogP contribution in [-0.4, -0.2) is 36.6 Å². The van der Waals surface area contributed by atoms with Crippen molar-refractivity contribution in [3.05, 3.63) is 156 Å². The van der Waals surface area contributed by atoms with Gasteiger partial charge in [0.1, 0.15) is 0 Å². The Morgan fingerprint density at radius 2 is 0.693 bits per heavy atom. The highest BCUT2D eigenvalue weighted by Crippen LogP contribution is 2.58. The van der Waals surface area contributed by atoms with Crippen molar-refractivity contribution in [2.45, 2.75) is 189 Å². The lowest BCUT2D eigenvalue weighted by Gasteiger charge is -2.39. The molecule has 2 aliphatic heterocycles. The van der Waals surface area contributed by atoms with E-state index in [0.29, 0.717) is 11.8 Å². The number of rotatable bonds is 20. The second-order valence-electron chi connectivity index (χ2n) is 24.5. The lowest BCUT2D eigenvalue weighted by molar-refractivity contribution is 0.00578. The minimum atomic E-state index is -0.434. The second-order valence-corrected chi connectivity index (χ2v) is 24.5. The zero-order valence-corrected chi connectivity index (χ0v) is 48.1. The molecule has 1 aliphatic carbocycles. The molecule has 2 heterocycles. The van der Waals surface area contributed by atoms with Crippen molar-refractivity contribution < 1.29 is 18.6 Å². The average molecular weight is 1010 g/mol. The molecule has 394 valence electrons. The van der Waals surface area contributed by atoms with Gasteiger partial charge in [0.2, 0.25) is 0 Å². The molecule has 0 bridgehead atoms. The van der Waals surface area contributed by atoms with Crippen molar-refractivity contribution in [3.63, 3.8) is 0 Å². The standard InChI is InChI=1S/C67H86B2N2O4/c1-15-19-21-49(17-3)45-67(46-50(18-4)22-20-16-2)61-41-39-57(70(53-31-23-47(5)24-32-53)55-35-27-51(28-36-55)68-72-63(7,8)64(9,10)73-68)43-59(61)60-44-58(40-42-62(60)67)71(54-33-25-48(6)26-34-54)56-37-29-52(30-38-56)69-74-65(11,12)66(13,14)75-69/h23-44,49-50H,15-22,45-46H2,1-14H3. The Kier molecular flexibility index (Phi) is 15.8. The van der Waals surface area contributed by atoms with Crippen LogP contribution in [-0.2, 0) is 24.0 Å². The third kappa shape index (κ3) is 10.8. The van der Waals surface area contributed by atoms with Crippen molar-refractivity contribution >= 4 is 59.3 Å². The molecule has 0 saturated carbocycles. The molecule has 9 rings (SSSR count). The van der Waals surface area contributed by atoms with E-state index in [2.05, 4.69) is 240 Å². The predicted molar refractivity (Wildman–Crippen MR) is 319 cm³/mol. The number of benzene rings is 6. The number of hydrogen-bond acceptors (Lipinski definition) is 6. The Bertz CT molecular complexity index is 2660. The predicted octanol–water partition coefficient (Wildman–Crippen LogP) is 17.3. The van der Waals surface area contributed by atoms with Crippen LogP contribution in [0.25, 0.3) is 11.1 Å². The Balaban J connectivity index is 1.22. The molecule has 2 saturated heterocycles. The van der Waals surface area contributed by atoms with Crippen LogP contribution in [0, 0.1) is 25.7 Å². The summed E-state index contributed by atoms with van der Waals surface area (Å²) < 4.78 is 26.1. The molecule has 6 aromatic rings. The molecule has 3 aliphatic rings. The van der Waals surface area contributed by atoms with Crippen molar-refractivity contribution in [3.8, 4) is 11.1 Å². The minimum absolute atomic E-state index is 0.136. The van der Waals surface area contributed by atoms with Crippen molar-refractivity contribution in [2.24, 2.45) is 11.8 Å². The first kappa shape index (κ1) is 54.7. The summed E-state index contributed by atoms with van der Waals surface area (Å²) in [6.07, 6.45) is 12.1. The van der Waals surface area contributed by atoms with Gasteiger partial charge in [-0.3, -0.25) is 0 Å². The summed E-state index contributed by atoms with van der Waals surface area (Å²) in [6, 6.07) is 50.6. The van der Waals surface area contributed by atoms with Gasteiger partial charge in [-0.2, -0.15) is 0 Å². The highest BCUT2D eigenvalue weighted by molar-refractivity contribution is 6.62. The van der Waals surface area contributed by atoms with Gasteiger partial charge in [0.15, 0.2) is 0 Å². The van der Waals surface area contributed by atoms with Gasteiger partial charge in [-0.1, -0.05) is 151 Å². The number of unbranched alkanes of at least 4 members (excludes halogenated alkanes) is 2. The maximum atomic E-state index is 6.53. The summed E-state index contributed by atoms with van der Waals surface area (Å²) in [5.41, 5.74) is 15.0. The smallest absolute Gasteiger partial charge is 0.399 e. The van der Waals surface area contributed by atoms with Crippen LogP contribution in [0.15, 0.2) is 133 Å². The topological polar surface area (TPSA) is 43.4 Å². The third-order valence-electron chi connectivity index (χ3n) is 18.1. The molecular formula is C67H86B2N2O4. The van der Waals surface area contributed by atoms with E-state index in [0.717, 1.165) is 57.9 Å². The molecule has 0 amide bonds. The molecule has 0 N–H and O–H groups in total. The number of fused-ring (bicyclic) bond motifs is 3. The Labute approximate surface area is 453 Å². The summed E-state index contributed by atoms with van der Waals surface area (Å²) >= 11 is 0. The van der Waals surface area contributed by atoms with E-state index in [9.17, 15) is 0 Å². The summed E-state index contributed by atoms with van der Waals surface area (Å²) in [4.78, 5) is 4.87. The molecule has 0 radical (unpaired) electrons. The van der Waals surface area contributed by atoms with E-state index in [4.69, 9.17) is 18.6 Å². The molecule has 8 heteroatoms. The minimum Gasteiger partial charge on any atom is -0.399 e. The van der Waals surface area contributed by atoms with Gasteiger partial charge in [-0.15, -0.1) is 0 Å². The van der Waals surface area contributed by atoms with E-state index in [-0.39, 0.29) is 5.41 Å². The fourth-order valence-electron chi connectivity index (χ4n) is 12.0. The number of anilines is 6. The third-order valence-corrected chi connectivity index (χ3v) is 18.1. The van der Waals surface area contributed by atoms with E-state index in [1.54, 1.807) is 0 Å². The van der Waals surface area contributed by atoms with Crippen LogP contribution in [0.3, 0.4) is 0 Å². The Hall–Kier alpha value is -5.11. The van der Waals surface area contributed by atoms with Crippen LogP contribution in [0.2, 0.25) is 0 Å². The van der Waals surface area contributed by atoms with Gasteiger partial charge >= 0.3 is 14.2 Å². The molecule has 6 nitrogen and oxygen atoms in total. The summed E-state index contributed by atoms with van der Waals surface area (Å²) in [5.74, 6) is 1.23. The normalized spacial score (nSPS) is 18.4. The second kappa shape index (κ2) is 21.7. The van der Waals surface area contributed by atoms with Crippen LogP contribution in [0.1, 0.15) is 170 Å². The maximum Gasteiger partial charge on any atom is 0.494 e. The van der Waals surface area contributed by atoms with E-state index < -0.39 is 36.6 Å². The first-order valence-corrected chi connectivity index (χ1v) is 28.7. The largest absolute Gasteiger partial charge is 0.494 e. The van der Waals surface area contributed by atoms with Crippen LogP contribution < -0.4 is 20.7 Å². The van der Waals surface area contributed by atoms with Gasteiger partial charge < -0.3 is 28.4 Å². The highest BCUT2D eigenvalue weighted by atomic mass is 16.7. The van der Waals surface area contributed by atoms with Crippen molar-refractivity contribution in [1.29, 1.82) is 0 Å². The first-order valence-electron chi connectivity index (χ1n) is 28.7. The summed E-state index contributed by atoms with van der Waals surface area (Å²) in [6.45, 7) is 30.8. The SMILES string of the molecule is CCCCC(CC)CC1(CC(CC)CCCC)c2ccc(N(c3ccc(C)cc3)c3ccc(B4OC(C)(C)C(C)(C)O4)cc3)cc2-c2cc(N(c3ccc(C)cc3)c3ccc(B4OC(C)(C)C(C)(C)O4)cc3)ccc21. The zero-order chi connectivity index (χ0) is 53.5. The van der Waals surface area contributed by atoms with E-state index in [1.807, 2.05) is 0 Å². The number of aryl methyl sites for hydroxylation is 2. The molecular weight excluding hydrogens is 918 g/mol. The van der Waals surface area contributed by atoms with Crippen molar-refractivity contribution in [1.82, 2.24) is 0 Å². The van der Waals surface area contributed by atoms with E-state index in [1.165, 1.54) is 84.7 Å². The quantitative estimate of drug-likeness (QED) is 0.0710. The van der Waals surface area contributed by atoms with E-state index >= 15 is 0 Å². The Morgan fingerprint density at radius 1 is 0.400 bits per heavy atom. The highest BCUT2D eigenvalue weighted by Gasteiger charge is 2.53. The van der Waals surface area contributed by atoms with Crippen LogP contribution in [0.4, 0.5) is 34.1 Å². The van der Waals surface area contributed by atoms with Crippen LogP contribution in [0.5, 0.6) is 0 Å². The monoisotopic (exact) mass is 1000 g/mol. The lowest BCUT2D eigenvalue weighted by Crippen LogP contribution is -2.41. The van der Waals surface area contributed by atoms with Crippen LogP contribution >= 0.6 is 0 Å². The maximum absolute atomic E-state index is 6.53. The molecule has 0 spiro atoms. The molecule has 2 fully saturated rings. The summed E-state index contributed by atoms with van der Waals surface area (Å²) in [5, 5.41) is 0. The lowest BCUT2D eigenvalue weighted by atomic mass is 9.65. The van der Waals surface area contributed by atoms with Gasteiger partial charge in [0, 0.05) is 39.5 Å². The van der Waals surface area contributed by atoms with Gasteiger partial charge in [-0.25, -0.2) is 0 Å².